The van der Waals surface area contributed by atoms with Crippen LogP contribution in [0.4, 0.5) is 0 Å². The molecule has 0 saturated carbocycles. The Morgan fingerprint density at radius 2 is 0.506 bits per heavy atom. The highest BCUT2D eigenvalue weighted by Crippen LogP contribution is 2.17. The van der Waals surface area contributed by atoms with Crippen LogP contribution in [0.15, 0.2) is 109 Å². The number of hydrogen-bond acceptors (Lipinski definition) is 6. The maximum Gasteiger partial charge on any atom is 0.306 e. The lowest BCUT2D eigenvalue weighted by molar-refractivity contribution is -0.167. The van der Waals surface area contributed by atoms with E-state index in [4.69, 9.17) is 14.2 Å². The second kappa shape index (κ2) is 68.6. The molecule has 0 bridgehead atoms. The maximum atomic E-state index is 12.9. The van der Waals surface area contributed by atoms with Gasteiger partial charge in [-0.25, -0.2) is 0 Å². The van der Waals surface area contributed by atoms with Gasteiger partial charge in [0.2, 0.25) is 0 Å². The summed E-state index contributed by atoms with van der Waals surface area (Å²) in [5, 5.41) is 0. The van der Waals surface area contributed by atoms with Crippen molar-refractivity contribution in [1.82, 2.24) is 0 Å². The zero-order valence-electron chi connectivity index (χ0n) is 53.3. The first-order chi connectivity index (χ1) is 40.0. The average molecular weight is 1130 g/mol. The zero-order valence-corrected chi connectivity index (χ0v) is 53.3. The van der Waals surface area contributed by atoms with E-state index in [0.717, 1.165) is 128 Å². The van der Waals surface area contributed by atoms with Crippen LogP contribution < -0.4 is 0 Å². The first-order valence-corrected chi connectivity index (χ1v) is 34.4. The number of rotatable bonds is 62. The van der Waals surface area contributed by atoms with E-state index in [1.807, 2.05) is 0 Å². The third-order valence-electron chi connectivity index (χ3n) is 14.7. The molecule has 0 aliphatic carbocycles. The molecule has 81 heavy (non-hydrogen) atoms. The highest BCUT2D eigenvalue weighted by Gasteiger charge is 2.19. The summed E-state index contributed by atoms with van der Waals surface area (Å²) in [6, 6.07) is 0. The molecular formula is C75H128O6. The van der Waals surface area contributed by atoms with E-state index in [1.54, 1.807) is 0 Å². The second-order valence-electron chi connectivity index (χ2n) is 22.7. The number of carbonyl (C=O) groups is 3. The molecule has 0 aromatic carbocycles. The molecule has 0 rings (SSSR count). The highest BCUT2D eigenvalue weighted by atomic mass is 16.6. The van der Waals surface area contributed by atoms with Crippen LogP contribution in [0.1, 0.15) is 329 Å². The minimum absolute atomic E-state index is 0.0840. The van der Waals surface area contributed by atoms with E-state index in [9.17, 15) is 14.4 Å². The Kier molecular flexibility index (Phi) is 65.2. The van der Waals surface area contributed by atoms with Crippen LogP contribution in [0.2, 0.25) is 0 Å². The summed E-state index contributed by atoms with van der Waals surface area (Å²) in [5.41, 5.74) is 0. The predicted octanol–water partition coefficient (Wildman–Crippen LogP) is 23.8. The van der Waals surface area contributed by atoms with Gasteiger partial charge in [0, 0.05) is 19.3 Å². The quantitative estimate of drug-likeness (QED) is 0.0261. The normalized spacial score (nSPS) is 12.8. The zero-order chi connectivity index (χ0) is 58.5. The molecule has 0 aliphatic heterocycles. The molecule has 0 aromatic rings. The number of hydrogen-bond donors (Lipinski definition) is 0. The van der Waals surface area contributed by atoms with E-state index in [2.05, 4.69) is 130 Å². The molecule has 6 nitrogen and oxygen atoms in total. The van der Waals surface area contributed by atoms with Gasteiger partial charge in [-0.1, -0.05) is 297 Å². The van der Waals surface area contributed by atoms with Gasteiger partial charge in [0.25, 0.3) is 0 Å². The van der Waals surface area contributed by atoms with Crippen LogP contribution in [-0.2, 0) is 28.6 Å². The van der Waals surface area contributed by atoms with Crippen LogP contribution in [0.5, 0.6) is 0 Å². The molecule has 0 amide bonds. The fourth-order valence-electron chi connectivity index (χ4n) is 9.60. The highest BCUT2D eigenvalue weighted by molar-refractivity contribution is 5.71. The number of allylic oxidation sites excluding steroid dienone is 18. The van der Waals surface area contributed by atoms with Crippen LogP contribution in [-0.4, -0.2) is 37.2 Å². The fraction of sp³-hybridized carbons (Fsp3) is 0.720. The summed E-state index contributed by atoms with van der Waals surface area (Å²) in [4.78, 5) is 38.4. The van der Waals surface area contributed by atoms with E-state index < -0.39 is 6.10 Å². The Morgan fingerprint density at radius 3 is 0.802 bits per heavy atom. The monoisotopic (exact) mass is 1120 g/mol. The SMILES string of the molecule is CC/C=C\C/C=C\C/C=C\C/C=C\C/C=C\CCCCCCCCCCCCCCCC(=O)OCC(COC(=O)CCCCCCC/C=C\C/C=C\CCC)OC(=O)CCCCCCCCCCC/C=C\C/C=C\CCCCCCC. The average Bonchev–Trinajstić information content (AvgIpc) is 3.46. The van der Waals surface area contributed by atoms with E-state index in [-0.39, 0.29) is 31.1 Å². The molecule has 0 saturated heterocycles. The van der Waals surface area contributed by atoms with Crippen molar-refractivity contribution < 1.29 is 28.6 Å². The summed E-state index contributed by atoms with van der Waals surface area (Å²) in [5.74, 6) is -0.893. The van der Waals surface area contributed by atoms with Gasteiger partial charge in [0.1, 0.15) is 13.2 Å². The van der Waals surface area contributed by atoms with Gasteiger partial charge in [-0.2, -0.15) is 0 Å². The number of ether oxygens (including phenoxy) is 3. The second-order valence-corrected chi connectivity index (χ2v) is 22.7. The Balaban J connectivity index is 4.28. The lowest BCUT2D eigenvalue weighted by Gasteiger charge is -2.18. The van der Waals surface area contributed by atoms with Gasteiger partial charge in [0.05, 0.1) is 0 Å². The van der Waals surface area contributed by atoms with E-state index >= 15 is 0 Å². The first-order valence-electron chi connectivity index (χ1n) is 34.4. The summed E-state index contributed by atoms with van der Waals surface area (Å²) in [6.45, 7) is 6.47. The lowest BCUT2D eigenvalue weighted by Crippen LogP contribution is -2.30. The van der Waals surface area contributed by atoms with Crippen molar-refractivity contribution in [2.24, 2.45) is 0 Å². The summed E-state index contributed by atoms with van der Waals surface area (Å²) in [6.07, 6.45) is 93.9. The van der Waals surface area contributed by atoms with Gasteiger partial charge in [0.15, 0.2) is 6.10 Å². The molecular weight excluding hydrogens is 997 g/mol. The smallest absolute Gasteiger partial charge is 0.306 e. The molecule has 6 heteroatoms. The molecule has 0 aromatic heterocycles. The first kappa shape index (κ1) is 77.1. The van der Waals surface area contributed by atoms with Crippen LogP contribution in [0.25, 0.3) is 0 Å². The van der Waals surface area contributed by atoms with Crippen molar-refractivity contribution in [3.05, 3.63) is 109 Å². The topological polar surface area (TPSA) is 78.9 Å². The number of carbonyl (C=O) groups excluding carboxylic acids is 3. The third-order valence-corrected chi connectivity index (χ3v) is 14.7. The summed E-state index contributed by atoms with van der Waals surface area (Å²) < 4.78 is 17.0. The Labute approximate surface area is 501 Å². The standard InChI is InChI=1S/C75H128O6/c1-4-7-10-13-16-19-22-25-27-29-31-33-34-35-36-37-38-39-40-42-43-45-47-50-53-56-59-62-65-68-74(77)80-71-72(70-79-73(76)67-64-61-58-55-52-49-24-21-18-15-12-9-6-3)81-75(78)69-66-63-60-57-54-51-48-46-44-41-32-30-28-26-23-20-17-14-11-8-5-2/h7,10,12,15-16,19,21,23-27,30-33,35-36,72H,4-6,8-9,11,13-14,17-18,20,22,28-29,34,37-71H2,1-3H3/b10-7-,15-12-,19-16-,24-21-,26-23-,27-25-,32-30-,33-31-,36-35-. The van der Waals surface area contributed by atoms with Crippen LogP contribution >= 0.6 is 0 Å². The van der Waals surface area contributed by atoms with Crippen molar-refractivity contribution in [2.45, 2.75) is 335 Å². The van der Waals surface area contributed by atoms with Crippen molar-refractivity contribution >= 4 is 17.9 Å². The molecule has 464 valence electrons. The van der Waals surface area contributed by atoms with Crippen molar-refractivity contribution in [2.75, 3.05) is 13.2 Å². The molecule has 0 N–H and O–H groups in total. The van der Waals surface area contributed by atoms with Gasteiger partial charge in [-0.15, -0.1) is 0 Å². The predicted molar refractivity (Wildman–Crippen MR) is 353 cm³/mol. The fourth-order valence-corrected chi connectivity index (χ4v) is 9.60. The Bertz CT molecular complexity index is 1620. The van der Waals surface area contributed by atoms with Gasteiger partial charge < -0.3 is 14.2 Å². The molecule has 0 fully saturated rings. The summed E-state index contributed by atoms with van der Waals surface area (Å²) >= 11 is 0. The minimum atomic E-state index is -0.789. The Morgan fingerprint density at radius 1 is 0.259 bits per heavy atom. The van der Waals surface area contributed by atoms with Crippen LogP contribution in [0.3, 0.4) is 0 Å². The van der Waals surface area contributed by atoms with E-state index in [0.29, 0.717) is 19.3 Å². The lowest BCUT2D eigenvalue weighted by atomic mass is 10.0. The van der Waals surface area contributed by atoms with Crippen molar-refractivity contribution in [3.63, 3.8) is 0 Å². The van der Waals surface area contributed by atoms with Crippen molar-refractivity contribution in [1.29, 1.82) is 0 Å². The summed E-state index contributed by atoms with van der Waals surface area (Å²) in [7, 11) is 0. The Hall–Kier alpha value is -3.93. The number of unbranched alkanes of at least 4 members (excludes halogenated alkanes) is 33. The molecule has 0 heterocycles. The van der Waals surface area contributed by atoms with E-state index in [1.165, 1.54) is 161 Å². The largest absolute Gasteiger partial charge is 0.462 e. The molecule has 1 atom stereocenters. The van der Waals surface area contributed by atoms with Gasteiger partial charge in [-0.05, 0) is 122 Å². The number of esters is 3. The van der Waals surface area contributed by atoms with Gasteiger partial charge >= 0.3 is 17.9 Å². The molecule has 1 unspecified atom stereocenters. The molecule has 0 spiro atoms. The molecule has 0 radical (unpaired) electrons. The molecule has 0 aliphatic rings. The minimum Gasteiger partial charge on any atom is -0.462 e. The van der Waals surface area contributed by atoms with Crippen molar-refractivity contribution in [3.8, 4) is 0 Å². The van der Waals surface area contributed by atoms with Crippen LogP contribution in [0, 0.1) is 0 Å². The maximum absolute atomic E-state index is 12.9. The third kappa shape index (κ3) is 66.8. The van der Waals surface area contributed by atoms with Gasteiger partial charge in [-0.3, -0.25) is 14.4 Å².